The predicted molar refractivity (Wildman–Crippen MR) is 110 cm³/mol. The van der Waals surface area contributed by atoms with Crippen LogP contribution in [0.3, 0.4) is 0 Å². The number of aromatic carboxylic acids is 1. The number of carboxylic acids is 1. The zero-order valence-corrected chi connectivity index (χ0v) is 16.8. The number of benzene rings is 2. The van der Waals surface area contributed by atoms with Gasteiger partial charge in [-0.1, -0.05) is 42.5 Å². The summed E-state index contributed by atoms with van der Waals surface area (Å²) in [6.07, 6.45) is 2.12. The van der Waals surface area contributed by atoms with Gasteiger partial charge in [0, 0.05) is 20.0 Å². The average Bonchev–Trinajstić information content (AvgIpc) is 3.16. The molecular weight excluding hydrogens is 366 g/mol. The van der Waals surface area contributed by atoms with Crippen molar-refractivity contribution in [2.24, 2.45) is 0 Å². The van der Waals surface area contributed by atoms with Crippen LogP contribution in [-0.2, 0) is 12.0 Å². The summed E-state index contributed by atoms with van der Waals surface area (Å²) in [6.45, 7) is 6.76. The minimum absolute atomic E-state index is 0.125. The van der Waals surface area contributed by atoms with Crippen LogP contribution in [0.2, 0.25) is 0 Å². The fourth-order valence-corrected chi connectivity index (χ4v) is 4.16. The van der Waals surface area contributed by atoms with Crippen LogP contribution >= 0.6 is 0 Å². The molecule has 4 rings (SSSR count). The van der Waals surface area contributed by atoms with Gasteiger partial charge >= 0.3 is 5.97 Å². The van der Waals surface area contributed by atoms with Crippen molar-refractivity contribution in [1.29, 1.82) is 0 Å². The van der Waals surface area contributed by atoms with E-state index in [1.807, 2.05) is 31.2 Å². The minimum atomic E-state index is -0.909. The summed E-state index contributed by atoms with van der Waals surface area (Å²) < 4.78 is 5.72. The van der Waals surface area contributed by atoms with E-state index in [1.54, 1.807) is 12.1 Å². The second kappa shape index (κ2) is 7.79. The lowest BCUT2D eigenvalue weighted by molar-refractivity contribution is 0.0697. The van der Waals surface area contributed by atoms with Gasteiger partial charge in [0.2, 0.25) is 11.8 Å². The molecule has 3 aromatic rings. The van der Waals surface area contributed by atoms with Crippen LogP contribution in [0.4, 0.5) is 0 Å². The minimum Gasteiger partial charge on any atom is -0.478 e. The highest BCUT2D eigenvalue weighted by molar-refractivity contribution is 5.95. The SMILES string of the molecule is Cc1nnc([C@]2(C)CCCN(Cc3ccc(-c4ccccc4C(=O)O)cc3)C2)o1. The number of likely N-dealkylation sites (tertiary alicyclic amines) is 1. The molecule has 0 saturated carbocycles. The van der Waals surface area contributed by atoms with E-state index in [0.717, 1.165) is 49.5 Å². The quantitative estimate of drug-likeness (QED) is 0.699. The van der Waals surface area contributed by atoms with Crippen LogP contribution in [0.15, 0.2) is 52.9 Å². The fourth-order valence-electron chi connectivity index (χ4n) is 4.16. The maximum Gasteiger partial charge on any atom is 0.336 e. The number of piperidine rings is 1. The van der Waals surface area contributed by atoms with Gasteiger partial charge in [0.05, 0.1) is 11.0 Å². The van der Waals surface area contributed by atoms with E-state index in [9.17, 15) is 9.90 Å². The van der Waals surface area contributed by atoms with E-state index in [0.29, 0.717) is 11.5 Å². The highest BCUT2D eigenvalue weighted by Gasteiger charge is 2.37. The van der Waals surface area contributed by atoms with Crippen LogP contribution in [-0.4, -0.2) is 39.3 Å². The summed E-state index contributed by atoms with van der Waals surface area (Å²) in [5.74, 6) is 0.421. The van der Waals surface area contributed by atoms with Crippen molar-refractivity contribution in [2.75, 3.05) is 13.1 Å². The van der Waals surface area contributed by atoms with E-state index in [1.165, 1.54) is 5.56 Å². The summed E-state index contributed by atoms with van der Waals surface area (Å²) in [7, 11) is 0. The number of aromatic nitrogens is 2. The summed E-state index contributed by atoms with van der Waals surface area (Å²) in [6, 6.07) is 15.3. The Morgan fingerprint density at radius 2 is 1.93 bits per heavy atom. The first kappa shape index (κ1) is 19.3. The second-order valence-corrected chi connectivity index (χ2v) is 8.05. The molecular formula is C23H25N3O3. The molecule has 1 saturated heterocycles. The van der Waals surface area contributed by atoms with E-state index < -0.39 is 5.97 Å². The van der Waals surface area contributed by atoms with Crippen molar-refractivity contribution in [2.45, 2.75) is 38.6 Å². The van der Waals surface area contributed by atoms with Crippen molar-refractivity contribution in [1.82, 2.24) is 15.1 Å². The molecule has 2 aromatic carbocycles. The maximum atomic E-state index is 11.5. The second-order valence-electron chi connectivity index (χ2n) is 8.05. The molecule has 1 N–H and O–H groups in total. The van der Waals surface area contributed by atoms with Crippen molar-refractivity contribution in [3.05, 3.63) is 71.4 Å². The molecule has 1 aliphatic rings. The third kappa shape index (κ3) is 4.07. The van der Waals surface area contributed by atoms with Crippen LogP contribution in [0, 0.1) is 6.92 Å². The maximum absolute atomic E-state index is 11.5. The number of carbonyl (C=O) groups is 1. The highest BCUT2D eigenvalue weighted by Crippen LogP contribution is 2.33. The first-order valence-electron chi connectivity index (χ1n) is 9.89. The zero-order chi connectivity index (χ0) is 20.4. The summed E-state index contributed by atoms with van der Waals surface area (Å²) in [5, 5.41) is 17.7. The lowest BCUT2D eigenvalue weighted by atomic mass is 9.81. The monoisotopic (exact) mass is 391 g/mol. The smallest absolute Gasteiger partial charge is 0.336 e. The van der Waals surface area contributed by atoms with Gasteiger partial charge in [0.25, 0.3) is 0 Å². The number of rotatable bonds is 5. The predicted octanol–water partition coefficient (Wildman–Crippen LogP) is 4.30. The van der Waals surface area contributed by atoms with Crippen LogP contribution in [0.5, 0.6) is 0 Å². The van der Waals surface area contributed by atoms with Crippen LogP contribution in [0.25, 0.3) is 11.1 Å². The van der Waals surface area contributed by atoms with Crippen molar-refractivity contribution < 1.29 is 14.3 Å². The Morgan fingerprint density at radius 3 is 2.62 bits per heavy atom. The normalized spacial score (nSPS) is 19.9. The third-order valence-corrected chi connectivity index (χ3v) is 5.65. The lowest BCUT2D eigenvalue weighted by Gasteiger charge is -2.38. The Morgan fingerprint density at radius 1 is 1.17 bits per heavy atom. The van der Waals surface area contributed by atoms with Gasteiger partial charge in [0.15, 0.2) is 0 Å². The molecule has 150 valence electrons. The topological polar surface area (TPSA) is 79.5 Å². The molecule has 0 radical (unpaired) electrons. The first-order chi connectivity index (χ1) is 13.9. The van der Waals surface area contributed by atoms with Crippen LogP contribution in [0.1, 0.15) is 47.5 Å². The molecule has 0 unspecified atom stereocenters. The Labute approximate surface area is 170 Å². The van der Waals surface area contributed by atoms with Crippen LogP contribution < -0.4 is 0 Å². The molecule has 6 heteroatoms. The Kier molecular flexibility index (Phi) is 5.20. The number of hydrogen-bond donors (Lipinski definition) is 1. The summed E-state index contributed by atoms with van der Waals surface area (Å²) >= 11 is 0. The van der Waals surface area contributed by atoms with Gasteiger partial charge in [0.1, 0.15) is 0 Å². The van der Waals surface area contributed by atoms with Gasteiger partial charge in [-0.15, -0.1) is 10.2 Å². The van der Waals surface area contributed by atoms with Crippen molar-refractivity contribution in [3.63, 3.8) is 0 Å². The summed E-state index contributed by atoms with van der Waals surface area (Å²) in [4.78, 5) is 13.9. The number of carboxylic acid groups (broad SMARTS) is 1. The molecule has 2 heterocycles. The Hall–Kier alpha value is -2.99. The number of hydrogen-bond acceptors (Lipinski definition) is 5. The molecule has 0 aliphatic carbocycles. The van der Waals surface area contributed by atoms with E-state index in [4.69, 9.17) is 4.42 Å². The van der Waals surface area contributed by atoms with Gasteiger partial charge in [-0.3, -0.25) is 4.90 Å². The van der Waals surface area contributed by atoms with E-state index >= 15 is 0 Å². The van der Waals surface area contributed by atoms with Gasteiger partial charge in [-0.2, -0.15) is 0 Å². The molecule has 0 bridgehead atoms. The van der Waals surface area contributed by atoms with E-state index in [-0.39, 0.29) is 5.41 Å². The summed E-state index contributed by atoms with van der Waals surface area (Å²) in [5.41, 5.74) is 3.05. The van der Waals surface area contributed by atoms with Crippen molar-refractivity contribution >= 4 is 5.97 Å². The Balaban J connectivity index is 1.49. The Bertz CT molecular complexity index is 1010. The fraction of sp³-hybridized carbons (Fsp3) is 0.348. The van der Waals surface area contributed by atoms with Gasteiger partial charge in [-0.05, 0) is 49.1 Å². The molecule has 6 nitrogen and oxygen atoms in total. The molecule has 0 spiro atoms. The highest BCUT2D eigenvalue weighted by atomic mass is 16.4. The standard InChI is InChI=1S/C23H25N3O3/c1-16-24-25-22(29-16)23(2)12-5-13-26(15-23)14-17-8-10-18(11-9-17)19-6-3-4-7-20(19)21(27)28/h3-4,6-11H,5,12-15H2,1-2H3,(H,27,28)/t23-/m1/s1. The number of aryl methyl sites for hydroxylation is 1. The average molecular weight is 391 g/mol. The molecule has 1 aliphatic heterocycles. The first-order valence-corrected chi connectivity index (χ1v) is 9.89. The molecule has 29 heavy (non-hydrogen) atoms. The van der Waals surface area contributed by atoms with Gasteiger partial charge < -0.3 is 9.52 Å². The lowest BCUT2D eigenvalue weighted by Crippen LogP contribution is -2.44. The number of nitrogens with zero attached hydrogens (tertiary/aromatic N) is 3. The molecule has 1 atom stereocenters. The van der Waals surface area contributed by atoms with E-state index in [2.05, 4.69) is 34.2 Å². The molecule has 1 fully saturated rings. The largest absolute Gasteiger partial charge is 0.478 e. The van der Waals surface area contributed by atoms with Gasteiger partial charge in [-0.25, -0.2) is 4.79 Å². The molecule has 0 amide bonds. The van der Waals surface area contributed by atoms with Crippen molar-refractivity contribution in [3.8, 4) is 11.1 Å². The third-order valence-electron chi connectivity index (χ3n) is 5.65. The molecule has 1 aromatic heterocycles. The zero-order valence-electron chi connectivity index (χ0n) is 16.8.